The molecule has 0 fully saturated rings. The number of hydrogen-bond donors (Lipinski definition) is 1. The molecule has 0 radical (unpaired) electrons. The molecule has 0 saturated heterocycles. The second-order valence-corrected chi connectivity index (χ2v) is 4.47. The molecule has 2 rings (SSSR count). The Labute approximate surface area is 97.1 Å². The lowest BCUT2D eigenvalue weighted by molar-refractivity contribution is 0.412. The lowest BCUT2D eigenvalue weighted by Gasteiger charge is -2.01. The Morgan fingerprint density at radius 3 is 3.00 bits per heavy atom. The van der Waals surface area contributed by atoms with Crippen molar-refractivity contribution >= 4 is 49.4 Å². The highest BCUT2D eigenvalue weighted by molar-refractivity contribution is 14.1. The van der Waals surface area contributed by atoms with E-state index < -0.39 is 0 Å². The standard InChI is InChI=1S/C8H6BrIN2O/c1-13-7-3-6-4(2-5(7)9)8(10)12-11-6/h2-3H,1H3,(H,11,12). The van der Waals surface area contributed by atoms with E-state index in [1.165, 1.54) is 0 Å². The Hall–Kier alpha value is -0.300. The van der Waals surface area contributed by atoms with Gasteiger partial charge in [-0.25, -0.2) is 0 Å². The van der Waals surface area contributed by atoms with E-state index in [0.717, 1.165) is 24.8 Å². The number of methoxy groups -OCH3 is 1. The molecule has 0 amide bonds. The van der Waals surface area contributed by atoms with Gasteiger partial charge in [-0.3, -0.25) is 5.10 Å². The third kappa shape index (κ3) is 1.54. The van der Waals surface area contributed by atoms with E-state index in [2.05, 4.69) is 48.7 Å². The first kappa shape index (κ1) is 9.26. The lowest BCUT2D eigenvalue weighted by atomic mass is 10.2. The summed E-state index contributed by atoms with van der Waals surface area (Å²) in [5, 5.41) is 8.15. The number of nitrogens with one attached hydrogen (secondary N) is 1. The predicted octanol–water partition coefficient (Wildman–Crippen LogP) is 2.94. The summed E-state index contributed by atoms with van der Waals surface area (Å²) in [6.45, 7) is 0. The average molecular weight is 353 g/mol. The molecule has 0 spiro atoms. The predicted molar refractivity (Wildman–Crippen MR) is 63.1 cm³/mol. The van der Waals surface area contributed by atoms with Crippen molar-refractivity contribution in [3.05, 3.63) is 20.3 Å². The minimum atomic E-state index is 0.801. The Kier molecular flexibility index (Phi) is 2.46. The molecule has 1 heterocycles. The quantitative estimate of drug-likeness (QED) is 0.801. The number of aromatic nitrogens is 2. The molecule has 2 aromatic rings. The molecule has 0 unspecified atom stereocenters. The molecule has 0 atom stereocenters. The first-order valence-electron chi connectivity index (χ1n) is 3.59. The maximum atomic E-state index is 5.16. The van der Waals surface area contributed by atoms with E-state index in [1.54, 1.807) is 7.11 Å². The van der Waals surface area contributed by atoms with Gasteiger partial charge in [-0.15, -0.1) is 0 Å². The first-order valence-corrected chi connectivity index (χ1v) is 5.46. The van der Waals surface area contributed by atoms with E-state index in [0.29, 0.717) is 0 Å². The van der Waals surface area contributed by atoms with Crippen LogP contribution in [0.3, 0.4) is 0 Å². The third-order valence-corrected chi connectivity index (χ3v) is 3.22. The fourth-order valence-corrected chi connectivity index (χ4v) is 2.19. The van der Waals surface area contributed by atoms with Crippen molar-refractivity contribution in [3.8, 4) is 5.75 Å². The summed E-state index contributed by atoms with van der Waals surface area (Å²) in [6, 6.07) is 3.90. The van der Waals surface area contributed by atoms with Gasteiger partial charge >= 0.3 is 0 Å². The molecule has 0 aliphatic heterocycles. The fraction of sp³-hybridized carbons (Fsp3) is 0.125. The minimum Gasteiger partial charge on any atom is -0.495 e. The molecular formula is C8H6BrIN2O. The maximum absolute atomic E-state index is 5.16. The van der Waals surface area contributed by atoms with Crippen LogP contribution in [0, 0.1) is 3.70 Å². The second-order valence-electron chi connectivity index (χ2n) is 2.54. The molecule has 68 valence electrons. The molecular weight excluding hydrogens is 347 g/mol. The fourth-order valence-electron chi connectivity index (χ4n) is 1.14. The number of ether oxygens (including phenoxy) is 1. The van der Waals surface area contributed by atoms with Crippen LogP contribution in [-0.4, -0.2) is 17.3 Å². The van der Waals surface area contributed by atoms with E-state index in [9.17, 15) is 0 Å². The average Bonchev–Trinajstić information content (AvgIpc) is 2.47. The van der Waals surface area contributed by atoms with E-state index in [4.69, 9.17) is 4.74 Å². The van der Waals surface area contributed by atoms with Crippen molar-refractivity contribution in [1.82, 2.24) is 10.2 Å². The van der Waals surface area contributed by atoms with Crippen molar-refractivity contribution in [2.75, 3.05) is 7.11 Å². The molecule has 0 bridgehead atoms. The van der Waals surface area contributed by atoms with E-state index >= 15 is 0 Å². The SMILES string of the molecule is COc1cc2n[nH]c(I)c2cc1Br. The Balaban J connectivity index is 2.76. The highest BCUT2D eigenvalue weighted by Gasteiger charge is 2.07. The van der Waals surface area contributed by atoms with Crippen LogP contribution < -0.4 is 4.74 Å². The number of fused-ring (bicyclic) bond motifs is 1. The van der Waals surface area contributed by atoms with Crippen LogP contribution in [0.2, 0.25) is 0 Å². The molecule has 0 aliphatic carbocycles. The second kappa shape index (κ2) is 3.45. The van der Waals surface area contributed by atoms with Gasteiger partial charge in [-0.1, -0.05) is 0 Å². The molecule has 13 heavy (non-hydrogen) atoms. The first-order chi connectivity index (χ1) is 6.22. The summed E-state index contributed by atoms with van der Waals surface area (Å²) in [7, 11) is 1.64. The van der Waals surface area contributed by atoms with Gasteiger partial charge in [0.1, 0.15) is 9.45 Å². The normalized spacial score (nSPS) is 10.7. The molecule has 1 aromatic heterocycles. The number of rotatable bonds is 1. The third-order valence-electron chi connectivity index (χ3n) is 1.78. The summed E-state index contributed by atoms with van der Waals surface area (Å²) >= 11 is 5.64. The van der Waals surface area contributed by atoms with Crippen LogP contribution in [-0.2, 0) is 0 Å². The zero-order valence-electron chi connectivity index (χ0n) is 6.77. The number of aromatic amines is 1. The van der Waals surface area contributed by atoms with Gasteiger partial charge in [0.05, 0.1) is 17.1 Å². The number of H-pyrrole nitrogens is 1. The van der Waals surface area contributed by atoms with Crippen LogP contribution >= 0.6 is 38.5 Å². The summed E-state index contributed by atoms with van der Waals surface area (Å²) in [6.07, 6.45) is 0. The Morgan fingerprint density at radius 1 is 1.54 bits per heavy atom. The molecule has 0 aliphatic rings. The molecule has 3 nitrogen and oxygen atoms in total. The smallest absolute Gasteiger partial charge is 0.135 e. The van der Waals surface area contributed by atoms with Crippen molar-refractivity contribution in [2.45, 2.75) is 0 Å². The van der Waals surface area contributed by atoms with Gasteiger partial charge in [0.2, 0.25) is 0 Å². The molecule has 0 saturated carbocycles. The van der Waals surface area contributed by atoms with Gasteiger partial charge in [-0.2, -0.15) is 5.10 Å². The van der Waals surface area contributed by atoms with Crippen molar-refractivity contribution in [1.29, 1.82) is 0 Å². The van der Waals surface area contributed by atoms with E-state index in [-0.39, 0.29) is 0 Å². The molecule has 1 aromatic carbocycles. The van der Waals surface area contributed by atoms with Gasteiger partial charge in [0.15, 0.2) is 0 Å². The molecule has 5 heteroatoms. The summed E-state index contributed by atoms with van der Waals surface area (Å²) in [5.41, 5.74) is 0.921. The maximum Gasteiger partial charge on any atom is 0.135 e. The monoisotopic (exact) mass is 352 g/mol. The highest BCUT2D eigenvalue weighted by atomic mass is 127. The van der Waals surface area contributed by atoms with Crippen LogP contribution in [0.15, 0.2) is 16.6 Å². The lowest BCUT2D eigenvalue weighted by Crippen LogP contribution is -1.83. The van der Waals surface area contributed by atoms with Gasteiger partial charge in [-0.05, 0) is 44.6 Å². The van der Waals surface area contributed by atoms with Gasteiger partial charge < -0.3 is 4.74 Å². The number of benzene rings is 1. The summed E-state index contributed by atoms with van der Waals surface area (Å²) in [4.78, 5) is 0. The van der Waals surface area contributed by atoms with Gasteiger partial charge in [0, 0.05) is 11.5 Å². The summed E-state index contributed by atoms with van der Waals surface area (Å²) in [5.74, 6) is 0.801. The van der Waals surface area contributed by atoms with Crippen LogP contribution in [0.25, 0.3) is 10.9 Å². The van der Waals surface area contributed by atoms with E-state index in [1.807, 2.05) is 12.1 Å². The van der Waals surface area contributed by atoms with Crippen LogP contribution in [0.4, 0.5) is 0 Å². The zero-order chi connectivity index (χ0) is 9.42. The van der Waals surface area contributed by atoms with Crippen molar-refractivity contribution in [2.24, 2.45) is 0 Å². The molecule has 1 N–H and O–H groups in total. The number of hydrogen-bond acceptors (Lipinski definition) is 2. The zero-order valence-corrected chi connectivity index (χ0v) is 10.5. The topological polar surface area (TPSA) is 37.9 Å². The highest BCUT2D eigenvalue weighted by Crippen LogP contribution is 2.30. The minimum absolute atomic E-state index is 0.801. The number of nitrogens with zero attached hydrogens (tertiary/aromatic N) is 1. The summed E-state index contributed by atoms with van der Waals surface area (Å²) < 4.78 is 7.14. The largest absolute Gasteiger partial charge is 0.495 e. The van der Waals surface area contributed by atoms with Crippen molar-refractivity contribution < 1.29 is 4.74 Å². The van der Waals surface area contributed by atoms with Gasteiger partial charge in [0.25, 0.3) is 0 Å². The number of halogens is 2. The van der Waals surface area contributed by atoms with Crippen LogP contribution in [0.1, 0.15) is 0 Å². The Bertz CT molecular complexity index is 455. The van der Waals surface area contributed by atoms with Crippen molar-refractivity contribution in [3.63, 3.8) is 0 Å². The van der Waals surface area contributed by atoms with Crippen LogP contribution in [0.5, 0.6) is 5.75 Å². The Morgan fingerprint density at radius 2 is 2.31 bits per heavy atom.